The summed E-state index contributed by atoms with van der Waals surface area (Å²) in [5, 5.41) is 16.3. The van der Waals surface area contributed by atoms with Crippen LogP contribution in [-0.2, 0) is 6.54 Å². The van der Waals surface area contributed by atoms with Crippen molar-refractivity contribution in [3.8, 4) is 22.8 Å². The minimum Gasteiger partial charge on any atom is -0.456 e. The number of aromatic nitrogens is 2. The van der Waals surface area contributed by atoms with Crippen LogP contribution in [-0.4, -0.2) is 34.0 Å². The standard InChI is InChI=1S/C28H29FN4O3/c1-18-6-4-5-7-24(18)26-13-12-25(32-27(34)19(2)30-3)28(35)33(26)17-20-14-23(16-31-15-20)36-22-10-8-21(29)9-11-22/h4-16,19,27,30,32,34H,17H2,1-3H3/t19-,27?/m0/s1. The van der Waals surface area contributed by atoms with Crippen LogP contribution in [0.3, 0.4) is 0 Å². The van der Waals surface area contributed by atoms with Crippen LogP contribution in [0.25, 0.3) is 11.3 Å². The summed E-state index contributed by atoms with van der Waals surface area (Å²) >= 11 is 0. The summed E-state index contributed by atoms with van der Waals surface area (Å²) in [6.45, 7) is 4.03. The van der Waals surface area contributed by atoms with E-state index in [1.54, 1.807) is 36.1 Å². The monoisotopic (exact) mass is 488 g/mol. The maximum atomic E-state index is 13.6. The van der Waals surface area contributed by atoms with E-state index in [1.165, 1.54) is 24.3 Å². The average molecular weight is 489 g/mol. The van der Waals surface area contributed by atoms with Gasteiger partial charge in [-0.15, -0.1) is 0 Å². The number of nitrogens with one attached hydrogen (secondary N) is 2. The lowest BCUT2D eigenvalue weighted by atomic mass is 10.0. The highest BCUT2D eigenvalue weighted by Gasteiger charge is 2.17. The van der Waals surface area contributed by atoms with Gasteiger partial charge in [-0.05, 0) is 74.5 Å². The molecule has 0 fully saturated rings. The molecule has 0 aliphatic carbocycles. The Morgan fingerprint density at radius 3 is 2.53 bits per heavy atom. The molecule has 36 heavy (non-hydrogen) atoms. The van der Waals surface area contributed by atoms with E-state index in [0.717, 1.165) is 22.4 Å². The molecule has 0 saturated carbocycles. The molecular formula is C28H29FN4O3. The van der Waals surface area contributed by atoms with E-state index in [-0.39, 0.29) is 29.7 Å². The first-order chi connectivity index (χ1) is 17.4. The van der Waals surface area contributed by atoms with E-state index in [0.29, 0.717) is 11.5 Å². The van der Waals surface area contributed by atoms with Gasteiger partial charge in [-0.25, -0.2) is 4.39 Å². The SMILES string of the molecule is CN[C@@H](C)C(O)Nc1ccc(-c2ccccc2C)n(Cc2cncc(Oc3ccc(F)cc3)c2)c1=O. The van der Waals surface area contributed by atoms with Crippen LogP contribution in [0, 0.1) is 12.7 Å². The minimum absolute atomic E-state index is 0.226. The van der Waals surface area contributed by atoms with Crippen LogP contribution in [0.15, 0.2) is 83.9 Å². The smallest absolute Gasteiger partial charge is 0.274 e. The van der Waals surface area contributed by atoms with Crippen LogP contribution >= 0.6 is 0 Å². The normalized spacial score (nSPS) is 12.7. The maximum Gasteiger partial charge on any atom is 0.274 e. The number of nitrogens with zero attached hydrogens (tertiary/aromatic N) is 2. The number of pyridine rings is 2. The van der Waals surface area contributed by atoms with Crippen molar-refractivity contribution >= 4 is 5.69 Å². The third-order valence-corrected chi connectivity index (χ3v) is 5.99. The number of likely N-dealkylation sites (N-methyl/N-ethyl adjacent to an activating group) is 1. The second-order valence-corrected chi connectivity index (χ2v) is 8.59. The number of halogens is 1. The summed E-state index contributed by atoms with van der Waals surface area (Å²) in [5.41, 5.74) is 3.45. The largest absolute Gasteiger partial charge is 0.456 e. The number of hydrogen-bond acceptors (Lipinski definition) is 6. The quantitative estimate of drug-likeness (QED) is 0.300. The van der Waals surface area contributed by atoms with E-state index < -0.39 is 6.23 Å². The first-order valence-electron chi connectivity index (χ1n) is 11.6. The summed E-state index contributed by atoms with van der Waals surface area (Å²) in [4.78, 5) is 17.9. The molecule has 2 heterocycles. The van der Waals surface area contributed by atoms with E-state index in [4.69, 9.17) is 4.74 Å². The number of aliphatic hydroxyl groups is 1. The summed E-state index contributed by atoms with van der Waals surface area (Å²) in [6, 6.07) is 18.7. The minimum atomic E-state index is -0.949. The van der Waals surface area contributed by atoms with Crippen LogP contribution < -0.4 is 20.9 Å². The molecule has 0 amide bonds. The molecule has 0 spiro atoms. The second-order valence-electron chi connectivity index (χ2n) is 8.59. The van der Waals surface area contributed by atoms with Crippen molar-refractivity contribution in [2.24, 2.45) is 0 Å². The van der Waals surface area contributed by atoms with Crippen LogP contribution in [0.1, 0.15) is 18.1 Å². The summed E-state index contributed by atoms with van der Waals surface area (Å²) in [5.74, 6) is 0.601. The van der Waals surface area contributed by atoms with Crippen molar-refractivity contribution in [3.05, 3.63) is 106 Å². The maximum absolute atomic E-state index is 13.6. The molecule has 0 radical (unpaired) electrons. The zero-order valence-corrected chi connectivity index (χ0v) is 20.4. The number of anilines is 1. The molecule has 0 saturated heterocycles. The highest BCUT2D eigenvalue weighted by Crippen LogP contribution is 2.26. The van der Waals surface area contributed by atoms with Crippen molar-refractivity contribution in [2.45, 2.75) is 32.7 Å². The first-order valence-corrected chi connectivity index (χ1v) is 11.6. The van der Waals surface area contributed by atoms with Gasteiger partial charge in [0.1, 0.15) is 29.2 Å². The number of hydrogen-bond donors (Lipinski definition) is 3. The van der Waals surface area contributed by atoms with E-state index in [2.05, 4.69) is 15.6 Å². The fourth-order valence-electron chi connectivity index (χ4n) is 3.81. The Morgan fingerprint density at radius 2 is 1.81 bits per heavy atom. The molecule has 186 valence electrons. The van der Waals surface area contributed by atoms with Gasteiger partial charge < -0.3 is 25.0 Å². The van der Waals surface area contributed by atoms with Crippen molar-refractivity contribution in [1.82, 2.24) is 14.9 Å². The fourth-order valence-corrected chi connectivity index (χ4v) is 3.81. The summed E-state index contributed by atoms with van der Waals surface area (Å²) in [6.07, 6.45) is 2.28. The highest BCUT2D eigenvalue weighted by molar-refractivity contribution is 5.65. The van der Waals surface area contributed by atoms with Gasteiger partial charge in [-0.1, -0.05) is 24.3 Å². The summed E-state index contributed by atoms with van der Waals surface area (Å²) < 4.78 is 20.7. The van der Waals surface area contributed by atoms with Gasteiger partial charge in [0, 0.05) is 17.8 Å². The lowest BCUT2D eigenvalue weighted by Gasteiger charge is -2.22. The van der Waals surface area contributed by atoms with Crippen LogP contribution in [0.4, 0.5) is 10.1 Å². The molecular weight excluding hydrogens is 459 g/mol. The van der Waals surface area contributed by atoms with E-state index >= 15 is 0 Å². The van der Waals surface area contributed by atoms with Crippen molar-refractivity contribution in [3.63, 3.8) is 0 Å². The zero-order chi connectivity index (χ0) is 25.7. The Labute approximate surface area is 209 Å². The third-order valence-electron chi connectivity index (χ3n) is 5.99. The van der Waals surface area contributed by atoms with Crippen LogP contribution in [0.2, 0.25) is 0 Å². The summed E-state index contributed by atoms with van der Waals surface area (Å²) in [7, 11) is 1.74. The van der Waals surface area contributed by atoms with Gasteiger partial charge in [-0.2, -0.15) is 0 Å². The van der Waals surface area contributed by atoms with Crippen molar-refractivity contribution < 1.29 is 14.2 Å². The van der Waals surface area contributed by atoms with Gasteiger partial charge >= 0.3 is 0 Å². The highest BCUT2D eigenvalue weighted by atomic mass is 19.1. The Hall–Kier alpha value is -4.01. The van der Waals surface area contributed by atoms with Gasteiger partial charge in [0.2, 0.25) is 0 Å². The van der Waals surface area contributed by atoms with Gasteiger partial charge in [-0.3, -0.25) is 9.78 Å². The van der Waals surface area contributed by atoms with Gasteiger partial charge in [0.05, 0.1) is 18.4 Å². The molecule has 2 aromatic heterocycles. The fraction of sp³-hybridized carbons (Fsp3) is 0.214. The predicted molar refractivity (Wildman–Crippen MR) is 139 cm³/mol. The molecule has 3 N–H and O–H groups in total. The topological polar surface area (TPSA) is 88.4 Å². The number of aryl methyl sites for hydroxylation is 1. The van der Waals surface area contributed by atoms with Crippen LogP contribution in [0.5, 0.6) is 11.5 Å². The molecule has 0 aliphatic heterocycles. The number of benzene rings is 2. The number of aliphatic hydroxyl groups excluding tert-OH is 1. The van der Waals surface area contributed by atoms with E-state index in [9.17, 15) is 14.3 Å². The molecule has 0 bridgehead atoms. The Morgan fingerprint density at radius 1 is 1.06 bits per heavy atom. The average Bonchev–Trinajstić information content (AvgIpc) is 2.88. The lowest BCUT2D eigenvalue weighted by Crippen LogP contribution is -2.41. The zero-order valence-electron chi connectivity index (χ0n) is 20.4. The molecule has 8 heteroatoms. The third kappa shape index (κ3) is 5.79. The first kappa shape index (κ1) is 25.1. The Balaban J connectivity index is 1.71. The van der Waals surface area contributed by atoms with Gasteiger partial charge in [0.15, 0.2) is 0 Å². The lowest BCUT2D eigenvalue weighted by molar-refractivity contribution is 0.165. The molecule has 7 nitrogen and oxygen atoms in total. The molecule has 4 rings (SSSR count). The van der Waals surface area contributed by atoms with Crippen molar-refractivity contribution in [2.75, 3.05) is 12.4 Å². The second kappa shape index (κ2) is 11.2. The molecule has 4 aromatic rings. The van der Waals surface area contributed by atoms with Crippen molar-refractivity contribution in [1.29, 1.82) is 0 Å². The molecule has 1 unspecified atom stereocenters. The Kier molecular flexibility index (Phi) is 7.77. The number of rotatable bonds is 9. The molecule has 2 aromatic carbocycles. The molecule has 2 atom stereocenters. The Bertz CT molecular complexity index is 1390. The molecule has 0 aliphatic rings. The number of ether oxygens (including phenoxy) is 1. The predicted octanol–water partition coefficient (Wildman–Crippen LogP) is 4.54. The van der Waals surface area contributed by atoms with Gasteiger partial charge in [0.25, 0.3) is 5.56 Å². The van der Waals surface area contributed by atoms with E-state index in [1.807, 2.05) is 44.2 Å².